The van der Waals surface area contributed by atoms with Crippen molar-refractivity contribution in [1.82, 2.24) is 14.5 Å². The highest BCUT2D eigenvalue weighted by Crippen LogP contribution is 2.21. The van der Waals surface area contributed by atoms with Crippen molar-refractivity contribution in [2.45, 2.75) is 26.5 Å². The molecule has 4 aromatic rings. The largest absolute Gasteiger partial charge is 0.392 e. The third-order valence-corrected chi connectivity index (χ3v) is 7.38. The van der Waals surface area contributed by atoms with Gasteiger partial charge in [-0.3, -0.25) is 14.3 Å². The smallest absolute Gasteiger partial charge is 0.257 e. The van der Waals surface area contributed by atoms with Gasteiger partial charge in [0.1, 0.15) is 5.92 Å². The maximum Gasteiger partial charge on any atom is 0.257 e. The summed E-state index contributed by atoms with van der Waals surface area (Å²) in [5.41, 5.74) is 3.38. The van der Waals surface area contributed by atoms with Gasteiger partial charge < -0.3 is 10.0 Å². The van der Waals surface area contributed by atoms with Crippen LogP contribution in [-0.2, 0) is 39.2 Å². The molecule has 3 aromatic carbocycles. The van der Waals surface area contributed by atoms with Gasteiger partial charge in [-0.2, -0.15) is 5.10 Å². The van der Waals surface area contributed by atoms with Crippen molar-refractivity contribution >= 4 is 33.6 Å². The number of benzene rings is 3. The Morgan fingerprint density at radius 2 is 1.66 bits per heavy atom. The van der Waals surface area contributed by atoms with Crippen molar-refractivity contribution in [3.8, 4) is 0 Å². The Morgan fingerprint density at radius 3 is 2.34 bits per heavy atom. The number of aliphatic hydroxyl groups excluding tert-OH is 1. The molecule has 0 fully saturated rings. The summed E-state index contributed by atoms with van der Waals surface area (Å²) < 4.78 is 29.4. The number of hydrogen-bond acceptors (Lipinski definition) is 6. The second-order valence-electron chi connectivity index (χ2n) is 9.42. The summed E-state index contributed by atoms with van der Waals surface area (Å²) in [5, 5.41) is 14.8. The minimum atomic E-state index is -4.20. The summed E-state index contributed by atoms with van der Waals surface area (Å²) >= 11 is 0. The van der Waals surface area contributed by atoms with E-state index in [0.717, 1.165) is 11.0 Å². The number of aromatic nitrogens is 2. The van der Waals surface area contributed by atoms with Crippen LogP contribution in [0.5, 0.6) is 0 Å². The lowest BCUT2D eigenvalue weighted by Gasteiger charge is -2.26. The second-order valence-corrected chi connectivity index (χ2v) is 11.0. The summed E-state index contributed by atoms with van der Waals surface area (Å²) in [6, 6.07) is 25.3. The summed E-state index contributed by atoms with van der Waals surface area (Å²) in [6.07, 6.45) is 4.63. The molecule has 0 spiro atoms. The molecule has 2 amide bonds. The Balaban J connectivity index is 1.60. The molecule has 212 valence electrons. The van der Waals surface area contributed by atoms with E-state index >= 15 is 0 Å². The molecule has 41 heavy (non-hydrogen) atoms. The summed E-state index contributed by atoms with van der Waals surface area (Å²) in [5.74, 6) is -2.87. The van der Waals surface area contributed by atoms with Crippen LogP contribution < -0.4 is 9.62 Å². The molecule has 1 atom stereocenters. The SMILES string of the molecule is CCN(C(=O)C(Cc1cnn(Cc2ccccc2)c1)C(=O)NS(=O)(=O)C=Cc1ccccc1)c1cccc(CO)c1. The van der Waals surface area contributed by atoms with Crippen LogP contribution in [0.1, 0.15) is 29.2 Å². The topological polar surface area (TPSA) is 122 Å². The maximum atomic E-state index is 13.8. The Bertz CT molecular complexity index is 1600. The zero-order chi connectivity index (χ0) is 29.2. The number of aliphatic hydroxyl groups is 1. The lowest BCUT2D eigenvalue weighted by Crippen LogP contribution is -2.46. The van der Waals surface area contributed by atoms with Crippen LogP contribution in [-0.4, -0.2) is 41.7 Å². The van der Waals surface area contributed by atoms with Gasteiger partial charge in [-0.25, -0.2) is 13.1 Å². The van der Waals surface area contributed by atoms with E-state index in [2.05, 4.69) is 9.82 Å². The van der Waals surface area contributed by atoms with Gasteiger partial charge in [0.25, 0.3) is 10.0 Å². The maximum absolute atomic E-state index is 13.8. The van der Waals surface area contributed by atoms with E-state index in [0.29, 0.717) is 28.9 Å². The number of nitrogens with zero attached hydrogens (tertiary/aromatic N) is 3. The normalized spacial score (nSPS) is 12.2. The van der Waals surface area contributed by atoms with E-state index in [1.165, 1.54) is 11.0 Å². The third-order valence-electron chi connectivity index (χ3n) is 6.40. The fourth-order valence-electron chi connectivity index (χ4n) is 4.35. The first-order chi connectivity index (χ1) is 19.8. The lowest BCUT2D eigenvalue weighted by molar-refractivity contribution is -0.132. The van der Waals surface area contributed by atoms with Gasteiger partial charge in [-0.15, -0.1) is 0 Å². The van der Waals surface area contributed by atoms with Crippen LogP contribution in [0.4, 0.5) is 5.69 Å². The number of sulfonamides is 1. The Morgan fingerprint density at radius 1 is 0.976 bits per heavy atom. The number of amides is 2. The summed E-state index contributed by atoms with van der Waals surface area (Å²) in [7, 11) is -4.20. The Labute approximate surface area is 239 Å². The predicted octanol–water partition coefficient (Wildman–Crippen LogP) is 3.75. The summed E-state index contributed by atoms with van der Waals surface area (Å²) in [6.45, 7) is 2.27. The molecule has 0 radical (unpaired) electrons. The van der Waals surface area contributed by atoms with Gasteiger partial charge in [-0.1, -0.05) is 72.8 Å². The fraction of sp³-hybridized carbons (Fsp3) is 0.194. The highest BCUT2D eigenvalue weighted by Gasteiger charge is 2.33. The third kappa shape index (κ3) is 8.23. The number of anilines is 1. The first-order valence-corrected chi connectivity index (χ1v) is 14.7. The van der Waals surface area contributed by atoms with E-state index in [9.17, 15) is 23.1 Å². The minimum Gasteiger partial charge on any atom is -0.392 e. The monoisotopic (exact) mass is 572 g/mol. The Hall–Kier alpha value is -4.54. The van der Waals surface area contributed by atoms with E-state index in [1.807, 2.05) is 36.4 Å². The molecule has 9 nitrogen and oxygen atoms in total. The number of hydrogen-bond donors (Lipinski definition) is 2. The van der Waals surface area contributed by atoms with Crippen LogP contribution >= 0.6 is 0 Å². The van der Waals surface area contributed by atoms with E-state index < -0.39 is 27.8 Å². The predicted molar refractivity (Wildman–Crippen MR) is 158 cm³/mol. The molecule has 0 aliphatic heterocycles. The number of rotatable bonds is 12. The van der Waals surface area contributed by atoms with Gasteiger partial charge in [-0.05, 0) is 53.8 Å². The molecular weight excluding hydrogens is 540 g/mol. The molecule has 2 N–H and O–H groups in total. The number of carbonyl (C=O) groups excluding carboxylic acids is 2. The van der Waals surface area contributed by atoms with Crippen molar-refractivity contribution in [3.05, 3.63) is 125 Å². The lowest BCUT2D eigenvalue weighted by atomic mass is 9.98. The number of carbonyl (C=O) groups is 2. The Kier molecular flexibility index (Phi) is 9.83. The van der Waals surface area contributed by atoms with Gasteiger partial charge in [0.15, 0.2) is 0 Å². The average Bonchev–Trinajstić information content (AvgIpc) is 3.43. The molecule has 1 unspecified atom stereocenters. The van der Waals surface area contributed by atoms with Crippen LogP contribution in [0.3, 0.4) is 0 Å². The van der Waals surface area contributed by atoms with Crippen molar-refractivity contribution in [1.29, 1.82) is 0 Å². The van der Waals surface area contributed by atoms with Crippen LogP contribution in [0.2, 0.25) is 0 Å². The van der Waals surface area contributed by atoms with E-state index in [-0.39, 0.29) is 19.6 Å². The molecule has 4 rings (SSSR count). The highest BCUT2D eigenvalue weighted by molar-refractivity contribution is 7.93. The molecule has 1 heterocycles. The number of nitrogens with one attached hydrogen (secondary N) is 1. The van der Waals surface area contributed by atoms with E-state index in [1.54, 1.807) is 72.5 Å². The first-order valence-electron chi connectivity index (χ1n) is 13.1. The molecule has 10 heteroatoms. The molecule has 1 aromatic heterocycles. The molecule has 0 aliphatic rings. The minimum absolute atomic E-state index is 0.0619. The fourth-order valence-corrected chi connectivity index (χ4v) is 5.18. The van der Waals surface area contributed by atoms with Crippen molar-refractivity contribution < 1.29 is 23.1 Å². The highest BCUT2D eigenvalue weighted by atomic mass is 32.2. The van der Waals surface area contributed by atoms with Gasteiger partial charge in [0.05, 0.1) is 24.8 Å². The van der Waals surface area contributed by atoms with Gasteiger partial charge in [0.2, 0.25) is 11.8 Å². The standard InChI is InChI=1S/C31H32N4O5S/c1-2-35(28-15-9-14-26(18-28)23-36)31(38)29(19-27-20-32-34(22-27)21-25-12-7-4-8-13-25)30(37)33-41(39,40)17-16-24-10-5-3-6-11-24/h3-18,20,22,29,36H,2,19,21,23H2,1H3,(H,33,37). The van der Waals surface area contributed by atoms with Gasteiger partial charge >= 0.3 is 0 Å². The van der Waals surface area contributed by atoms with Gasteiger partial charge in [0, 0.05) is 18.4 Å². The molecule has 0 aliphatic carbocycles. The van der Waals surface area contributed by atoms with E-state index in [4.69, 9.17) is 0 Å². The quantitative estimate of drug-likeness (QED) is 0.250. The van der Waals surface area contributed by atoms with Crippen LogP contribution in [0.25, 0.3) is 6.08 Å². The molecule has 0 bridgehead atoms. The van der Waals surface area contributed by atoms with Crippen LogP contribution in [0.15, 0.2) is 103 Å². The van der Waals surface area contributed by atoms with Crippen molar-refractivity contribution in [2.24, 2.45) is 5.92 Å². The summed E-state index contributed by atoms with van der Waals surface area (Å²) in [4.78, 5) is 28.7. The second kappa shape index (κ2) is 13.7. The zero-order valence-corrected chi connectivity index (χ0v) is 23.4. The molecule has 0 saturated heterocycles. The van der Waals surface area contributed by atoms with Crippen molar-refractivity contribution in [3.63, 3.8) is 0 Å². The van der Waals surface area contributed by atoms with Crippen LogP contribution in [0, 0.1) is 5.92 Å². The first kappa shape index (κ1) is 29.4. The zero-order valence-electron chi connectivity index (χ0n) is 22.6. The van der Waals surface area contributed by atoms with Crippen molar-refractivity contribution in [2.75, 3.05) is 11.4 Å². The average molecular weight is 573 g/mol. The molecule has 0 saturated carbocycles. The molecular formula is C31H32N4O5S.